The van der Waals surface area contributed by atoms with E-state index in [2.05, 4.69) is 6.07 Å². The summed E-state index contributed by atoms with van der Waals surface area (Å²) in [5.74, 6) is -2.59. The van der Waals surface area contributed by atoms with E-state index in [1.54, 1.807) is 15.8 Å². The first-order valence-corrected chi connectivity index (χ1v) is 11.7. The summed E-state index contributed by atoms with van der Waals surface area (Å²) in [6, 6.07) is 17.9. The van der Waals surface area contributed by atoms with Crippen molar-refractivity contribution in [2.75, 3.05) is 31.2 Å². The minimum Gasteiger partial charge on any atom is -0.381 e. The molecule has 2 aliphatic heterocycles. The van der Waals surface area contributed by atoms with E-state index >= 15 is 0 Å². The molecule has 0 saturated carbocycles. The summed E-state index contributed by atoms with van der Waals surface area (Å²) in [5, 5.41) is 2.66. The molecule has 0 amide bonds. The van der Waals surface area contributed by atoms with Crippen molar-refractivity contribution in [2.45, 2.75) is 31.2 Å². The number of rotatable bonds is 4. The maximum atomic E-state index is 13.5. The Labute approximate surface area is 195 Å². The molecule has 3 heterocycles. The third kappa shape index (κ3) is 3.74. The molecular formula is C27H25F2N3O2. The summed E-state index contributed by atoms with van der Waals surface area (Å²) >= 11 is 0. The van der Waals surface area contributed by atoms with Crippen molar-refractivity contribution < 1.29 is 13.5 Å². The molecule has 6 rings (SSSR count). The van der Waals surface area contributed by atoms with Crippen LogP contribution in [0.4, 0.5) is 14.5 Å². The molecule has 34 heavy (non-hydrogen) atoms. The fourth-order valence-electron chi connectivity index (χ4n) is 5.16. The van der Waals surface area contributed by atoms with Crippen LogP contribution < -0.4 is 10.5 Å². The second kappa shape index (κ2) is 8.17. The van der Waals surface area contributed by atoms with Crippen molar-refractivity contribution >= 4 is 27.4 Å². The summed E-state index contributed by atoms with van der Waals surface area (Å²) in [7, 11) is 0. The van der Waals surface area contributed by atoms with Gasteiger partial charge in [0.05, 0.1) is 30.3 Å². The minimum absolute atomic E-state index is 0.0158. The molecule has 0 unspecified atom stereocenters. The molecule has 0 spiro atoms. The number of hydrogen-bond donors (Lipinski definition) is 0. The molecule has 2 saturated heterocycles. The second-order valence-corrected chi connectivity index (χ2v) is 9.33. The van der Waals surface area contributed by atoms with Gasteiger partial charge in [-0.25, -0.2) is 13.8 Å². The van der Waals surface area contributed by atoms with Crippen LogP contribution in [0.3, 0.4) is 0 Å². The molecule has 0 radical (unpaired) electrons. The Hall–Kier alpha value is -3.32. The molecule has 0 aliphatic carbocycles. The molecule has 7 heteroatoms. The van der Waals surface area contributed by atoms with E-state index in [4.69, 9.17) is 9.72 Å². The summed E-state index contributed by atoms with van der Waals surface area (Å²) in [6.45, 7) is 0.856. The minimum atomic E-state index is -2.59. The maximum Gasteiger partial charge on any atom is 0.282 e. The molecule has 0 bridgehead atoms. The summed E-state index contributed by atoms with van der Waals surface area (Å²) in [6.07, 6.45) is 3.94. The molecule has 5 nitrogen and oxygen atoms in total. The van der Waals surface area contributed by atoms with E-state index in [1.807, 2.05) is 48.5 Å². The molecule has 174 valence electrons. The van der Waals surface area contributed by atoms with Crippen LogP contribution in [0.1, 0.15) is 30.0 Å². The Bertz CT molecular complexity index is 1420. The van der Waals surface area contributed by atoms with Gasteiger partial charge in [-0.3, -0.25) is 9.36 Å². The molecule has 4 aromatic rings. The fraction of sp³-hybridized carbons (Fsp3) is 0.333. The van der Waals surface area contributed by atoms with Crippen LogP contribution in [0.15, 0.2) is 65.7 Å². The highest BCUT2D eigenvalue weighted by Crippen LogP contribution is 2.33. The number of nitrogens with zero attached hydrogens (tertiary/aromatic N) is 3. The Kier molecular flexibility index (Phi) is 5.10. The van der Waals surface area contributed by atoms with Gasteiger partial charge in [-0.15, -0.1) is 0 Å². The molecule has 2 aliphatic rings. The number of benzene rings is 3. The van der Waals surface area contributed by atoms with Crippen molar-refractivity contribution in [3.05, 3.63) is 82.4 Å². The molecule has 0 N–H and O–H groups in total. The predicted octanol–water partition coefficient (Wildman–Crippen LogP) is 4.95. The summed E-state index contributed by atoms with van der Waals surface area (Å²) in [4.78, 5) is 19.9. The Morgan fingerprint density at radius 2 is 1.68 bits per heavy atom. The van der Waals surface area contributed by atoms with E-state index in [9.17, 15) is 13.6 Å². The highest BCUT2D eigenvalue weighted by molar-refractivity contribution is 6.06. The average molecular weight is 462 g/mol. The summed E-state index contributed by atoms with van der Waals surface area (Å²) < 4.78 is 33.7. The van der Waals surface area contributed by atoms with Crippen molar-refractivity contribution in [1.29, 1.82) is 0 Å². The average Bonchev–Trinajstić information content (AvgIpc) is 2.84. The van der Waals surface area contributed by atoms with Crippen LogP contribution in [-0.4, -0.2) is 41.8 Å². The largest absolute Gasteiger partial charge is 0.381 e. The first-order chi connectivity index (χ1) is 16.5. The number of aromatic nitrogens is 2. The number of ether oxygens (including phenoxy) is 1. The molecule has 1 aromatic heterocycles. The Morgan fingerprint density at radius 1 is 0.971 bits per heavy atom. The Morgan fingerprint density at radius 3 is 2.38 bits per heavy atom. The second-order valence-electron chi connectivity index (χ2n) is 9.33. The highest BCUT2D eigenvalue weighted by atomic mass is 19.3. The molecule has 3 aromatic carbocycles. The number of alkyl halides is 2. The van der Waals surface area contributed by atoms with Crippen LogP contribution in [0.2, 0.25) is 0 Å². The monoisotopic (exact) mass is 461 g/mol. The van der Waals surface area contributed by atoms with Crippen LogP contribution in [0, 0.1) is 0 Å². The van der Waals surface area contributed by atoms with E-state index in [0.29, 0.717) is 25.0 Å². The van der Waals surface area contributed by atoms with Gasteiger partial charge in [0, 0.05) is 30.3 Å². The van der Waals surface area contributed by atoms with Crippen LogP contribution in [0.5, 0.6) is 0 Å². The molecule has 0 atom stereocenters. The number of halogens is 2. The lowest BCUT2D eigenvalue weighted by atomic mass is 9.95. The van der Waals surface area contributed by atoms with E-state index in [0.717, 1.165) is 45.9 Å². The first kappa shape index (κ1) is 21.2. The normalized spacial score (nSPS) is 18.4. The quantitative estimate of drug-likeness (QED) is 0.404. The summed E-state index contributed by atoms with van der Waals surface area (Å²) in [5.41, 5.74) is 3.63. The van der Waals surface area contributed by atoms with Crippen LogP contribution >= 0.6 is 0 Å². The van der Waals surface area contributed by atoms with Gasteiger partial charge in [0.15, 0.2) is 0 Å². The first-order valence-electron chi connectivity index (χ1n) is 11.7. The van der Waals surface area contributed by atoms with Gasteiger partial charge in [-0.1, -0.05) is 36.4 Å². The smallest absolute Gasteiger partial charge is 0.282 e. The standard InChI is InChI=1S/C27H25F2N3O2/c28-27(29)15-31(16-27)20-7-5-18(6-8-20)13-19-14-24-25(23-4-2-1-3-22(19)23)30-17-32(26(24)33)21-9-11-34-12-10-21/h1-8,14,17,21H,9-13,15-16H2. The van der Waals surface area contributed by atoms with Gasteiger partial charge in [0.2, 0.25) is 0 Å². The number of anilines is 1. The highest BCUT2D eigenvalue weighted by Gasteiger charge is 2.43. The zero-order valence-corrected chi connectivity index (χ0v) is 18.7. The van der Waals surface area contributed by atoms with E-state index in [-0.39, 0.29) is 24.7 Å². The van der Waals surface area contributed by atoms with Gasteiger partial charge in [-0.2, -0.15) is 0 Å². The van der Waals surface area contributed by atoms with Crippen LogP contribution in [-0.2, 0) is 11.2 Å². The van der Waals surface area contributed by atoms with Gasteiger partial charge in [0.1, 0.15) is 0 Å². The van der Waals surface area contributed by atoms with Crippen molar-refractivity contribution in [3.8, 4) is 0 Å². The van der Waals surface area contributed by atoms with Crippen molar-refractivity contribution in [2.24, 2.45) is 0 Å². The predicted molar refractivity (Wildman–Crippen MR) is 129 cm³/mol. The lowest BCUT2D eigenvalue weighted by Crippen LogP contribution is -2.56. The van der Waals surface area contributed by atoms with E-state index in [1.165, 1.54) is 0 Å². The molecule has 2 fully saturated rings. The third-order valence-corrected chi connectivity index (χ3v) is 7.00. The lowest BCUT2D eigenvalue weighted by molar-refractivity contribution is -0.0262. The van der Waals surface area contributed by atoms with E-state index < -0.39 is 5.92 Å². The fourth-order valence-corrected chi connectivity index (χ4v) is 5.16. The van der Waals surface area contributed by atoms with Crippen molar-refractivity contribution in [3.63, 3.8) is 0 Å². The van der Waals surface area contributed by atoms with Gasteiger partial charge >= 0.3 is 0 Å². The lowest BCUT2D eigenvalue weighted by Gasteiger charge is -2.40. The van der Waals surface area contributed by atoms with Gasteiger partial charge in [0.25, 0.3) is 11.5 Å². The number of fused-ring (bicyclic) bond motifs is 3. The maximum absolute atomic E-state index is 13.5. The third-order valence-electron chi connectivity index (χ3n) is 7.00. The van der Waals surface area contributed by atoms with Crippen LogP contribution in [0.25, 0.3) is 21.7 Å². The van der Waals surface area contributed by atoms with Gasteiger partial charge in [-0.05, 0) is 54.0 Å². The SMILES string of the molecule is O=c1c2cc(Cc3ccc(N4CC(F)(F)C4)cc3)c3ccccc3c2ncn1C1CCOCC1. The zero-order chi connectivity index (χ0) is 23.3. The van der Waals surface area contributed by atoms with Crippen molar-refractivity contribution in [1.82, 2.24) is 9.55 Å². The Balaban J connectivity index is 1.38. The zero-order valence-electron chi connectivity index (χ0n) is 18.7. The van der Waals surface area contributed by atoms with Gasteiger partial charge < -0.3 is 9.64 Å². The number of hydrogen-bond acceptors (Lipinski definition) is 4. The molecular weight excluding hydrogens is 436 g/mol. The topological polar surface area (TPSA) is 47.4 Å².